The van der Waals surface area contributed by atoms with Gasteiger partial charge in [-0.15, -0.1) is 0 Å². The van der Waals surface area contributed by atoms with Crippen LogP contribution in [0.2, 0.25) is 0 Å². The molecule has 0 heterocycles. The van der Waals surface area contributed by atoms with Gasteiger partial charge in [-0.3, -0.25) is 0 Å². The molecule has 1 fully saturated rings. The van der Waals surface area contributed by atoms with Crippen LogP contribution in [0.25, 0.3) is 0 Å². The Kier molecular flexibility index (Phi) is 13.4. The van der Waals surface area contributed by atoms with Crippen LogP contribution in [0, 0.1) is 11.3 Å². The summed E-state index contributed by atoms with van der Waals surface area (Å²) in [4.78, 5) is 0. The molecule has 0 aromatic heterocycles. The van der Waals surface area contributed by atoms with Crippen LogP contribution in [-0.2, 0) is 0 Å². The lowest BCUT2D eigenvalue weighted by Crippen LogP contribution is -2.34. The summed E-state index contributed by atoms with van der Waals surface area (Å²) in [7, 11) is 0. The Morgan fingerprint density at radius 1 is 0.864 bits per heavy atom. The van der Waals surface area contributed by atoms with Gasteiger partial charge in [0.1, 0.15) is 0 Å². The molecular weight excluding hydrogens is 266 g/mol. The van der Waals surface area contributed by atoms with Crippen LogP contribution in [-0.4, -0.2) is 12.6 Å². The van der Waals surface area contributed by atoms with Crippen LogP contribution in [0.5, 0.6) is 0 Å². The highest BCUT2D eigenvalue weighted by atomic mass is 14.9. The molecule has 0 saturated heterocycles. The van der Waals surface area contributed by atoms with Gasteiger partial charge in [0, 0.05) is 6.04 Å². The van der Waals surface area contributed by atoms with Crippen molar-refractivity contribution in [2.75, 3.05) is 6.54 Å². The third-order valence-electron chi connectivity index (χ3n) is 5.81. The lowest BCUT2D eigenvalue weighted by Gasteiger charge is -2.31. The predicted molar refractivity (Wildman–Crippen MR) is 103 cm³/mol. The molecule has 0 bridgehead atoms. The Hall–Kier alpha value is -0.0400. The zero-order chi connectivity index (χ0) is 16.8. The zero-order valence-corrected chi connectivity index (χ0v) is 16.6. The van der Waals surface area contributed by atoms with E-state index in [9.17, 15) is 0 Å². The fourth-order valence-electron chi connectivity index (χ4n) is 4.12. The summed E-state index contributed by atoms with van der Waals surface area (Å²) in [5.74, 6) is 0.875. The maximum Gasteiger partial charge on any atom is 0.00647 e. The van der Waals surface area contributed by atoms with Gasteiger partial charge in [0.05, 0.1) is 0 Å². The van der Waals surface area contributed by atoms with Gasteiger partial charge in [-0.05, 0) is 56.4 Å². The molecule has 0 radical (unpaired) electrons. The van der Waals surface area contributed by atoms with Gasteiger partial charge >= 0.3 is 0 Å². The van der Waals surface area contributed by atoms with Crippen molar-refractivity contribution in [3.8, 4) is 0 Å². The Morgan fingerprint density at radius 3 is 1.91 bits per heavy atom. The molecule has 22 heavy (non-hydrogen) atoms. The van der Waals surface area contributed by atoms with Crippen molar-refractivity contribution in [2.45, 2.75) is 118 Å². The van der Waals surface area contributed by atoms with Crippen molar-refractivity contribution >= 4 is 0 Å². The average Bonchev–Trinajstić information content (AvgIpc) is 3.02. The van der Waals surface area contributed by atoms with E-state index in [1.165, 1.54) is 77.2 Å². The van der Waals surface area contributed by atoms with Crippen molar-refractivity contribution < 1.29 is 0 Å². The SMILES string of the molecule is CC.CCCC1(CCC(CC)NCC(CC)CC)CCCC1. The maximum atomic E-state index is 3.85. The van der Waals surface area contributed by atoms with Crippen LogP contribution in [0.4, 0.5) is 0 Å². The lowest BCUT2D eigenvalue weighted by atomic mass is 9.76. The van der Waals surface area contributed by atoms with Crippen molar-refractivity contribution in [2.24, 2.45) is 11.3 Å². The number of hydrogen-bond donors (Lipinski definition) is 1. The van der Waals surface area contributed by atoms with Crippen molar-refractivity contribution in [3.05, 3.63) is 0 Å². The van der Waals surface area contributed by atoms with Crippen molar-refractivity contribution in [3.63, 3.8) is 0 Å². The van der Waals surface area contributed by atoms with Gasteiger partial charge in [-0.2, -0.15) is 0 Å². The van der Waals surface area contributed by atoms with E-state index >= 15 is 0 Å². The summed E-state index contributed by atoms with van der Waals surface area (Å²) in [6.07, 6.45) is 15.6. The first-order valence-corrected chi connectivity index (χ1v) is 10.4. The van der Waals surface area contributed by atoms with Crippen molar-refractivity contribution in [1.82, 2.24) is 5.32 Å². The molecule has 1 saturated carbocycles. The predicted octanol–water partition coefficient (Wildman–Crippen LogP) is 6.96. The van der Waals surface area contributed by atoms with E-state index in [1.807, 2.05) is 13.8 Å². The van der Waals surface area contributed by atoms with Gasteiger partial charge < -0.3 is 5.32 Å². The van der Waals surface area contributed by atoms with E-state index < -0.39 is 0 Å². The van der Waals surface area contributed by atoms with Gasteiger partial charge in [0.25, 0.3) is 0 Å². The highest BCUT2D eigenvalue weighted by molar-refractivity contribution is 4.85. The molecule has 1 unspecified atom stereocenters. The van der Waals surface area contributed by atoms with Gasteiger partial charge in [0.15, 0.2) is 0 Å². The minimum atomic E-state index is 0.721. The van der Waals surface area contributed by atoms with E-state index in [4.69, 9.17) is 0 Å². The molecule has 1 heteroatoms. The lowest BCUT2D eigenvalue weighted by molar-refractivity contribution is 0.222. The minimum Gasteiger partial charge on any atom is -0.314 e. The molecule has 1 rings (SSSR count). The van der Waals surface area contributed by atoms with Crippen molar-refractivity contribution in [1.29, 1.82) is 0 Å². The Labute approximate surface area is 142 Å². The van der Waals surface area contributed by atoms with Gasteiger partial charge in [0.2, 0.25) is 0 Å². The van der Waals surface area contributed by atoms with Crippen LogP contribution >= 0.6 is 0 Å². The summed E-state index contributed by atoms with van der Waals surface area (Å²) in [6, 6.07) is 0.755. The Balaban J connectivity index is 0.00000211. The standard InChI is InChI=1S/C19H39N.C2H6/c1-5-12-19(13-9-10-14-19)15-11-18(8-4)20-16-17(6-2)7-3;1-2/h17-18,20H,5-16H2,1-4H3;1-2H3. The minimum absolute atomic E-state index is 0.721. The van der Waals surface area contributed by atoms with E-state index in [2.05, 4.69) is 33.0 Å². The van der Waals surface area contributed by atoms with Crippen LogP contribution in [0.15, 0.2) is 0 Å². The van der Waals surface area contributed by atoms with Gasteiger partial charge in [-0.25, -0.2) is 0 Å². The quantitative estimate of drug-likeness (QED) is 0.435. The monoisotopic (exact) mass is 311 g/mol. The molecule has 1 aliphatic carbocycles. The summed E-state index contributed by atoms with van der Waals surface area (Å²) in [6.45, 7) is 14.6. The van der Waals surface area contributed by atoms with E-state index in [-0.39, 0.29) is 0 Å². The second kappa shape index (κ2) is 13.4. The molecule has 134 valence electrons. The first-order valence-electron chi connectivity index (χ1n) is 10.4. The Morgan fingerprint density at radius 2 is 1.45 bits per heavy atom. The first kappa shape index (κ1) is 22.0. The maximum absolute atomic E-state index is 3.85. The molecule has 0 aromatic carbocycles. The third-order valence-corrected chi connectivity index (χ3v) is 5.81. The third kappa shape index (κ3) is 7.99. The Bertz CT molecular complexity index is 226. The molecule has 1 atom stereocenters. The number of nitrogens with one attached hydrogen (secondary N) is 1. The van der Waals surface area contributed by atoms with Crippen LogP contribution in [0.1, 0.15) is 112 Å². The highest BCUT2D eigenvalue weighted by Gasteiger charge is 2.32. The summed E-state index contributed by atoms with van der Waals surface area (Å²) < 4.78 is 0. The molecule has 0 aliphatic heterocycles. The largest absolute Gasteiger partial charge is 0.314 e. The van der Waals surface area contributed by atoms with Crippen LogP contribution < -0.4 is 5.32 Å². The van der Waals surface area contributed by atoms with Crippen LogP contribution in [0.3, 0.4) is 0 Å². The first-order chi connectivity index (χ1) is 10.7. The zero-order valence-electron chi connectivity index (χ0n) is 16.6. The van der Waals surface area contributed by atoms with Gasteiger partial charge in [-0.1, -0.05) is 73.6 Å². The second-order valence-electron chi connectivity index (χ2n) is 7.19. The molecule has 0 spiro atoms. The highest BCUT2D eigenvalue weighted by Crippen LogP contribution is 2.45. The van der Waals surface area contributed by atoms with E-state index in [1.54, 1.807) is 0 Å². The average molecular weight is 312 g/mol. The molecule has 1 nitrogen and oxygen atoms in total. The number of rotatable bonds is 11. The fraction of sp³-hybridized carbons (Fsp3) is 1.00. The van der Waals surface area contributed by atoms with E-state index in [0.29, 0.717) is 0 Å². The molecular formula is C21H45N. The van der Waals surface area contributed by atoms with E-state index in [0.717, 1.165) is 17.4 Å². The summed E-state index contributed by atoms with van der Waals surface area (Å²) >= 11 is 0. The summed E-state index contributed by atoms with van der Waals surface area (Å²) in [5.41, 5.74) is 0.721. The fourth-order valence-corrected chi connectivity index (χ4v) is 4.12. The second-order valence-corrected chi connectivity index (χ2v) is 7.19. The smallest absolute Gasteiger partial charge is 0.00647 e. The molecule has 0 aromatic rings. The number of hydrogen-bond acceptors (Lipinski definition) is 1. The summed E-state index contributed by atoms with van der Waals surface area (Å²) in [5, 5.41) is 3.85. The molecule has 1 N–H and O–H groups in total. The normalized spacial score (nSPS) is 18.1. The molecule has 1 aliphatic rings. The molecule has 0 amide bonds. The topological polar surface area (TPSA) is 12.0 Å².